The minimum atomic E-state index is -4.50. The van der Waals surface area contributed by atoms with Crippen molar-refractivity contribution in [2.24, 2.45) is 0 Å². The fourth-order valence-corrected chi connectivity index (χ4v) is 2.01. The van der Waals surface area contributed by atoms with E-state index in [0.29, 0.717) is 0 Å². The monoisotopic (exact) mass is 351 g/mol. The molecule has 5 nitrogen and oxygen atoms in total. The molecule has 0 saturated carbocycles. The molecule has 2 N–H and O–H groups in total. The molecule has 2 aromatic rings. The molecule has 1 heterocycles. The number of nitrogens with zero attached hydrogens (tertiary/aromatic N) is 1. The maximum atomic E-state index is 12.7. The Morgan fingerprint density at radius 1 is 1.08 bits per heavy atom. The standard InChI is InChI=1S/C17H16F3N3O2/c1-10(2)22-16(25)14-8-11(6-7-21-14)15(24)23-13-5-3-4-12(9-13)17(18,19)20/h3-10H,1-2H3,(H,22,25)(H,23,24). The summed E-state index contributed by atoms with van der Waals surface area (Å²) in [6.45, 7) is 3.56. The van der Waals surface area contributed by atoms with E-state index in [1.54, 1.807) is 13.8 Å². The van der Waals surface area contributed by atoms with E-state index >= 15 is 0 Å². The molecule has 0 spiro atoms. The van der Waals surface area contributed by atoms with Gasteiger partial charge in [-0.2, -0.15) is 13.2 Å². The van der Waals surface area contributed by atoms with E-state index in [-0.39, 0.29) is 23.0 Å². The lowest BCUT2D eigenvalue weighted by molar-refractivity contribution is -0.137. The average Bonchev–Trinajstić information content (AvgIpc) is 2.54. The van der Waals surface area contributed by atoms with Gasteiger partial charge in [0.1, 0.15) is 5.69 Å². The Morgan fingerprint density at radius 3 is 2.44 bits per heavy atom. The smallest absolute Gasteiger partial charge is 0.349 e. The highest BCUT2D eigenvalue weighted by Gasteiger charge is 2.30. The van der Waals surface area contributed by atoms with Gasteiger partial charge >= 0.3 is 6.18 Å². The van der Waals surface area contributed by atoms with Crippen molar-refractivity contribution in [2.75, 3.05) is 5.32 Å². The van der Waals surface area contributed by atoms with E-state index in [0.717, 1.165) is 12.1 Å². The number of nitrogens with one attached hydrogen (secondary N) is 2. The molecule has 8 heteroatoms. The molecule has 0 aliphatic carbocycles. The van der Waals surface area contributed by atoms with Crippen molar-refractivity contribution in [1.82, 2.24) is 10.3 Å². The van der Waals surface area contributed by atoms with Gasteiger partial charge in [-0.3, -0.25) is 14.6 Å². The Bertz CT molecular complexity index is 789. The summed E-state index contributed by atoms with van der Waals surface area (Å²) in [5, 5.41) is 5.02. The van der Waals surface area contributed by atoms with Crippen LogP contribution in [0, 0.1) is 0 Å². The van der Waals surface area contributed by atoms with Crippen LogP contribution >= 0.6 is 0 Å². The summed E-state index contributed by atoms with van der Waals surface area (Å²) in [5.74, 6) is -1.08. The number of carbonyl (C=O) groups is 2. The van der Waals surface area contributed by atoms with Gasteiger partial charge in [0.25, 0.3) is 11.8 Å². The lowest BCUT2D eigenvalue weighted by Gasteiger charge is -2.11. The van der Waals surface area contributed by atoms with Gasteiger partial charge in [0.2, 0.25) is 0 Å². The average molecular weight is 351 g/mol. The Kier molecular flexibility index (Phi) is 5.41. The maximum Gasteiger partial charge on any atom is 0.416 e. The van der Waals surface area contributed by atoms with Crippen molar-refractivity contribution in [3.05, 3.63) is 59.4 Å². The number of hydrogen-bond acceptors (Lipinski definition) is 3. The molecule has 0 saturated heterocycles. The van der Waals surface area contributed by atoms with E-state index in [1.165, 1.54) is 30.5 Å². The fraction of sp³-hybridized carbons (Fsp3) is 0.235. The van der Waals surface area contributed by atoms with E-state index in [2.05, 4.69) is 15.6 Å². The number of rotatable bonds is 4. The first kappa shape index (κ1) is 18.4. The molecule has 2 rings (SSSR count). The molecule has 2 amide bonds. The van der Waals surface area contributed by atoms with E-state index in [9.17, 15) is 22.8 Å². The van der Waals surface area contributed by atoms with E-state index < -0.39 is 23.6 Å². The van der Waals surface area contributed by atoms with Gasteiger partial charge in [0.05, 0.1) is 5.56 Å². The Balaban J connectivity index is 2.18. The fourth-order valence-electron chi connectivity index (χ4n) is 2.01. The number of benzene rings is 1. The van der Waals surface area contributed by atoms with Crippen molar-refractivity contribution in [3.8, 4) is 0 Å². The Morgan fingerprint density at radius 2 is 1.80 bits per heavy atom. The summed E-state index contributed by atoms with van der Waals surface area (Å²) >= 11 is 0. The quantitative estimate of drug-likeness (QED) is 0.886. The van der Waals surface area contributed by atoms with Crippen molar-refractivity contribution in [2.45, 2.75) is 26.1 Å². The molecule has 25 heavy (non-hydrogen) atoms. The molecule has 0 bridgehead atoms. The zero-order chi connectivity index (χ0) is 18.6. The third-order valence-electron chi connectivity index (χ3n) is 3.12. The molecule has 1 aromatic carbocycles. The zero-order valence-corrected chi connectivity index (χ0v) is 13.5. The van der Waals surface area contributed by atoms with Gasteiger partial charge in [-0.1, -0.05) is 6.07 Å². The summed E-state index contributed by atoms with van der Waals surface area (Å²) < 4.78 is 38.1. The second-order valence-corrected chi connectivity index (χ2v) is 5.59. The maximum absolute atomic E-state index is 12.7. The number of halogens is 3. The Labute approximate surface area is 142 Å². The molecule has 0 fully saturated rings. The van der Waals surface area contributed by atoms with Crippen LogP contribution in [0.1, 0.15) is 40.3 Å². The van der Waals surface area contributed by atoms with Crippen molar-refractivity contribution in [1.29, 1.82) is 0 Å². The minimum absolute atomic E-state index is 0.00446. The zero-order valence-electron chi connectivity index (χ0n) is 13.5. The lowest BCUT2D eigenvalue weighted by Crippen LogP contribution is -2.31. The topological polar surface area (TPSA) is 71.1 Å². The Hall–Kier alpha value is -2.90. The number of carbonyl (C=O) groups excluding carboxylic acids is 2. The molecule has 0 atom stereocenters. The van der Waals surface area contributed by atoms with Crippen molar-refractivity contribution >= 4 is 17.5 Å². The first-order valence-corrected chi connectivity index (χ1v) is 7.42. The van der Waals surface area contributed by atoms with E-state index in [4.69, 9.17) is 0 Å². The lowest BCUT2D eigenvalue weighted by atomic mass is 10.1. The number of pyridine rings is 1. The first-order valence-electron chi connectivity index (χ1n) is 7.42. The summed E-state index contributed by atoms with van der Waals surface area (Å²) in [7, 11) is 0. The SMILES string of the molecule is CC(C)NC(=O)c1cc(C(=O)Nc2cccc(C(F)(F)F)c2)ccn1. The third-order valence-corrected chi connectivity index (χ3v) is 3.12. The molecule has 0 aliphatic rings. The van der Waals surface area contributed by atoms with Crippen LogP contribution in [0.15, 0.2) is 42.6 Å². The van der Waals surface area contributed by atoms with Crippen LogP contribution in [0.2, 0.25) is 0 Å². The molecule has 1 aromatic heterocycles. The van der Waals surface area contributed by atoms with Crippen molar-refractivity contribution in [3.63, 3.8) is 0 Å². The summed E-state index contributed by atoms with van der Waals surface area (Å²) in [5.41, 5.74) is -0.700. The third kappa shape index (κ3) is 5.03. The van der Waals surface area contributed by atoms with Crippen LogP contribution in [-0.4, -0.2) is 22.8 Å². The van der Waals surface area contributed by atoms with Crippen LogP contribution in [0.5, 0.6) is 0 Å². The van der Waals surface area contributed by atoms with Gasteiger partial charge in [0.15, 0.2) is 0 Å². The molecule has 0 aliphatic heterocycles. The largest absolute Gasteiger partial charge is 0.416 e. The minimum Gasteiger partial charge on any atom is -0.349 e. The number of alkyl halides is 3. The highest BCUT2D eigenvalue weighted by Crippen LogP contribution is 2.30. The van der Waals surface area contributed by atoms with Gasteiger partial charge in [0, 0.05) is 23.5 Å². The first-order chi connectivity index (χ1) is 11.7. The van der Waals surface area contributed by atoms with Crippen LogP contribution in [-0.2, 0) is 6.18 Å². The highest BCUT2D eigenvalue weighted by molar-refractivity contribution is 6.05. The predicted octanol–water partition coefficient (Wildman–Crippen LogP) is 3.49. The summed E-state index contributed by atoms with van der Waals surface area (Å²) in [6.07, 6.45) is -3.21. The van der Waals surface area contributed by atoms with Crippen LogP contribution in [0.4, 0.5) is 18.9 Å². The number of anilines is 1. The van der Waals surface area contributed by atoms with Crippen molar-refractivity contribution < 1.29 is 22.8 Å². The summed E-state index contributed by atoms with van der Waals surface area (Å²) in [6, 6.07) is 6.85. The van der Waals surface area contributed by atoms with Crippen LogP contribution < -0.4 is 10.6 Å². The highest BCUT2D eigenvalue weighted by atomic mass is 19.4. The molecule has 0 radical (unpaired) electrons. The molecule has 0 unspecified atom stereocenters. The normalized spacial score (nSPS) is 11.3. The summed E-state index contributed by atoms with van der Waals surface area (Å²) in [4.78, 5) is 28.0. The van der Waals surface area contributed by atoms with E-state index in [1.807, 2.05) is 0 Å². The van der Waals surface area contributed by atoms with Gasteiger partial charge in [-0.05, 0) is 44.2 Å². The second kappa shape index (κ2) is 7.33. The predicted molar refractivity (Wildman–Crippen MR) is 86.2 cm³/mol. The molecule has 132 valence electrons. The number of aromatic nitrogens is 1. The van der Waals surface area contributed by atoms with Gasteiger partial charge in [-0.25, -0.2) is 0 Å². The van der Waals surface area contributed by atoms with Gasteiger partial charge < -0.3 is 10.6 Å². The second-order valence-electron chi connectivity index (χ2n) is 5.59. The molecular formula is C17H16F3N3O2. The van der Waals surface area contributed by atoms with Crippen LogP contribution in [0.3, 0.4) is 0 Å². The molecular weight excluding hydrogens is 335 g/mol. The van der Waals surface area contributed by atoms with Crippen LogP contribution in [0.25, 0.3) is 0 Å². The van der Waals surface area contributed by atoms with Gasteiger partial charge in [-0.15, -0.1) is 0 Å². The number of amides is 2. The number of hydrogen-bond donors (Lipinski definition) is 2.